The van der Waals surface area contributed by atoms with Crippen molar-refractivity contribution in [2.75, 3.05) is 13.1 Å². The maximum Gasteiger partial charge on any atom is 0.137 e. The van der Waals surface area contributed by atoms with Crippen molar-refractivity contribution in [1.29, 1.82) is 0 Å². The van der Waals surface area contributed by atoms with Gasteiger partial charge in [-0.05, 0) is 46.5 Å². The van der Waals surface area contributed by atoms with Crippen molar-refractivity contribution < 1.29 is 4.90 Å². The summed E-state index contributed by atoms with van der Waals surface area (Å²) in [6.07, 6.45) is 46.4. The summed E-state index contributed by atoms with van der Waals surface area (Å²) in [7, 11) is 0. The van der Waals surface area contributed by atoms with Crippen molar-refractivity contribution in [2.45, 2.75) is 240 Å². The zero-order valence-corrected chi connectivity index (χ0v) is 32.7. The van der Waals surface area contributed by atoms with Gasteiger partial charge in [0.2, 0.25) is 0 Å². The van der Waals surface area contributed by atoms with E-state index in [0.717, 1.165) is 0 Å². The van der Waals surface area contributed by atoms with E-state index in [1.54, 1.807) is 10.6 Å². The lowest BCUT2D eigenvalue weighted by molar-refractivity contribution is -0.833. The first-order chi connectivity index (χ1) is 22.6. The van der Waals surface area contributed by atoms with E-state index in [-0.39, 0.29) is 0 Å². The molecule has 0 bridgehead atoms. The van der Waals surface area contributed by atoms with E-state index in [0.29, 0.717) is 0 Å². The fraction of sp³-hybridized carbons (Fsp3) is 0.867. The van der Waals surface area contributed by atoms with Crippen LogP contribution in [-0.4, -0.2) is 13.1 Å². The molecule has 0 unspecified atom stereocenters. The zero-order chi connectivity index (χ0) is 33.3. The highest BCUT2D eigenvalue weighted by Gasteiger charge is 2.17. The number of hydrogen-bond acceptors (Lipinski definition) is 0. The zero-order valence-electron chi connectivity index (χ0n) is 32.7. The van der Waals surface area contributed by atoms with Crippen LogP contribution in [0.4, 0.5) is 5.69 Å². The van der Waals surface area contributed by atoms with Crippen molar-refractivity contribution in [1.82, 2.24) is 0 Å². The number of hydrogen-bond donors (Lipinski definition) is 1. The molecule has 0 spiro atoms. The number of aryl methyl sites for hydroxylation is 3. The summed E-state index contributed by atoms with van der Waals surface area (Å²) in [5.41, 5.74) is 6.07. The number of unbranched alkanes of at least 4 members (excludes halogenated alkanes) is 30. The SMILES string of the molecule is CCCCCCCCCCCCCCCCCC[NH+](CCCCCCCCCCCCCCCCCC)c1c(C)cc(C)cc1C. The first kappa shape index (κ1) is 43.2. The Morgan fingerprint density at radius 3 is 0.783 bits per heavy atom. The molecule has 0 saturated carbocycles. The fourth-order valence-electron chi connectivity index (χ4n) is 7.89. The third-order valence-electron chi connectivity index (χ3n) is 10.7. The van der Waals surface area contributed by atoms with Gasteiger partial charge in [-0.1, -0.05) is 211 Å². The first-order valence-electron chi connectivity index (χ1n) is 21.5. The Hall–Kier alpha value is -0.820. The molecule has 0 amide bonds. The van der Waals surface area contributed by atoms with Crippen LogP contribution in [0.2, 0.25) is 0 Å². The van der Waals surface area contributed by atoms with Crippen LogP contribution in [0, 0.1) is 20.8 Å². The van der Waals surface area contributed by atoms with E-state index in [1.165, 1.54) is 235 Å². The third kappa shape index (κ3) is 25.2. The third-order valence-corrected chi connectivity index (χ3v) is 10.7. The molecule has 270 valence electrons. The molecule has 0 aliphatic rings. The van der Waals surface area contributed by atoms with Gasteiger partial charge in [0.1, 0.15) is 5.69 Å². The lowest BCUT2D eigenvalue weighted by Crippen LogP contribution is -3.07. The highest BCUT2D eigenvalue weighted by molar-refractivity contribution is 5.48. The second kappa shape index (κ2) is 32.7. The fourth-order valence-corrected chi connectivity index (χ4v) is 7.89. The van der Waals surface area contributed by atoms with Gasteiger partial charge in [-0.15, -0.1) is 0 Å². The van der Waals surface area contributed by atoms with E-state index in [2.05, 4.69) is 46.8 Å². The van der Waals surface area contributed by atoms with Crippen LogP contribution < -0.4 is 4.90 Å². The molecule has 0 fully saturated rings. The maximum absolute atomic E-state index is 2.42. The molecule has 46 heavy (non-hydrogen) atoms. The normalized spacial score (nSPS) is 11.7. The van der Waals surface area contributed by atoms with Crippen LogP contribution in [0.15, 0.2) is 12.1 Å². The largest absolute Gasteiger partial charge is 0.302 e. The summed E-state index contributed by atoms with van der Waals surface area (Å²) in [4.78, 5) is 1.77. The van der Waals surface area contributed by atoms with Gasteiger partial charge in [0, 0.05) is 11.1 Å². The van der Waals surface area contributed by atoms with Gasteiger partial charge in [0.05, 0.1) is 13.1 Å². The maximum atomic E-state index is 2.42. The number of nitrogens with one attached hydrogen (secondary N) is 1. The van der Waals surface area contributed by atoms with E-state index < -0.39 is 0 Å². The summed E-state index contributed by atoms with van der Waals surface area (Å²) in [5.74, 6) is 0. The Bertz CT molecular complexity index is 707. The minimum Gasteiger partial charge on any atom is -0.302 e. The summed E-state index contributed by atoms with van der Waals surface area (Å²) < 4.78 is 0. The molecule has 0 saturated heterocycles. The Kier molecular flexibility index (Phi) is 30.7. The lowest BCUT2D eigenvalue weighted by Gasteiger charge is -2.23. The van der Waals surface area contributed by atoms with E-state index in [9.17, 15) is 0 Å². The van der Waals surface area contributed by atoms with E-state index >= 15 is 0 Å². The highest BCUT2D eigenvalue weighted by Crippen LogP contribution is 2.19. The van der Waals surface area contributed by atoms with Crippen molar-refractivity contribution in [3.8, 4) is 0 Å². The van der Waals surface area contributed by atoms with E-state index in [1.807, 2.05) is 0 Å². The van der Waals surface area contributed by atoms with Gasteiger partial charge in [0.15, 0.2) is 0 Å². The molecule has 0 atom stereocenters. The Morgan fingerprint density at radius 2 is 0.543 bits per heavy atom. The number of benzene rings is 1. The molecule has 0 aromatic heterocycles. The van der Waals surface area contributed by atoms with Crippen LogP contribution in [0.3, 0.4) is 0 Å². The molecule has 1 nitrogen and oxygen atoms in total. The minimum atomic E-state index is 1.32. The van der Waals surface area contributed by atoms with Crippen LogP contribution in [0.25, 0.3) is 0 Å². The molecule has 0 aliphatic heterocycles. The lowest BCUT2D eigenvalue weighted by atomic mass is 10.0. The van der Waals surface area contributed by atoms with Crippen molar-refractivity contribution >= 4 is 5.69 Å². The number of quaternary nitrogens is 1. The van der Waals surface area contributed by atoms with Crippen molar-refractivity contribution in [2.24, 2.45) is 0 Å². The van der Waals surface area contributed by atoms with E-state index in [4.69, 9.17) is 0 Å². The standard InChI is InChI=1S/C45H85N/c1-6-8-10-12-14-16-18-20-22-24-26-28-30-32-34-36-38-46(45-43(4)40-42(3)41-44(45)5)39-37-35-33-31-29-27-25-23-21-19-17-15-13-11-9-7-2/h40-41H,6-39H2,1-5H3/p+1. The molecule has 1 heteroatoms. The predicted octanol–water partition coefficient (Wildman–Crippen LogP) is 14.7. The monoisotopic (exact) mass is 641 g/mol. The second-order valence-electron chi connectivity index (χ2n) is 15.5. The Balaban J connectivity index is 2.14. The van der Waals surface area contributed by atoms with Gasteiger partial charge in [-0.25, -0.2) is 0 Å². The van der Waals surface area contributed by atoms with Gasteiger partial charge >= 0.3 is 0 Å². The van der Waals surface area contributed by atoms with Crippen molar-refractivity contribution in [3.63, 3.8) is 0 Å². The molecule has 1 rings (SSSR count). The minimum absolute atomic E-state index is 1.32. The second-order valence-corrected chi connectivity index (χ2v) is 15.5. The average molecular weight is 641 g/mol. The molecule has 0 heterocycles. The summed E-state index contributed by atoms with van der Waals surface area (Å²) in [6.45, 7) is 14.2. The smallest absolute Gasteiger partial charge is 0.137 e. The average Bonchev–Trinajstić information content (AvgIpc) is 3.03. The molecular formula is C45H86N+. The van der Waals surface area contributed by atoms with Gasteiger partial charge in [-0.2, -0.15) is 0 Å². The molecule has 0 radical (unpaired) electrons. The summed E-state index contributed by atoms with van der Waals surface area (Å²) in [5, 5.41) is 0. The number of rotatable bonds is 35. The summed E-state index contributed by atoms with van der Waals surface area (Å²) in [6, 6.07) is 4.84. The van der Waals surface area contributed by atoms with Crippen LogP contribution in [0.5, 0.6) is 0 Å². The molecule has 1 aromatic rings. The van der Waals surface area contributed by atoms with Crippen LogP contribution >= 0.6 is 0 Å². The van der Waals surface area contributed by atoms with Crippen LogP contribution in [0.1, 0.15) is 236 Å². The van der Waals surface area contributed by atoms with Crippen molar-refractivity contribution in [3.05, 3.63) is 28.8 Å². The Morgan fingerprint density at radius 1 is 0.326 bits per heavy atom. The van der Waals surface area contributed by atoms with Gasteiger partial charge in [-0.3, -0.25) is 0 Å². The molecule has 0 aliphatic carbocycles. The molecule has 1 N–H and O–H groups in total. The topological polar surface area (TPSA) is 4.44 Å². The highest BCUT2D eigenvalue weighted by atomic mass is 15.1. The van der Waals surface area contributed by atoms with Crippen LogP contribution in [-0.2, 0) is 0 Å². The van der Waals surface area contributed by atoms with Gasteiger partial charge in [0.25, 0.3) is 0 Å². The first-order valence-corrected chi connectivity index (χ1v) is 21.5. The summed E-state index contributed by atoms with van der Waals surface area (Å²) >= 11 is 0. The quantitative estimate of drug-likeness (QED) is 0.0704. The Labute approximate surface area is 291 Å². The molecular weight excluding hydrogens is 555 g/mol. The van der Waals surface area contributed by atoms with Gasteiger partial charge < -0.3 is 4.90 Å². The predicted molar refractivity (Wildman–Crippen MR) is 210 cm³/mol. The molecule has 1 aromatic carbocycles.